The average molecular weight is 323 g/mol. The Kier molecular flexibility index (Phi) is 13.7. The van der Waals surface area contributed by atoms with Crippen LogP contribution >= 0.6 is 0 Å². The lowest BCUT2D eigenvalue weighted by atomic mass is 10.1. The summed E-state index contributed by atoms with van der Waals surface area (Å²) in [5.74, 6) is 0. The normalized spacial score (nSPS) is 20.4. The largest absolute Gasteiger partial charge is 0.255 e. The Morgan fingerprint density at radius 2 is 1.26 bits per heavy atom. The predicted octanol–water partition coefficient (Wildman–Crippen LogP) is 6.23. The van der Waals surface area contributed by atoms with Crippen LogP contribution in [0.25, 0.3) is 0 Å². The topological polar surface area (TPSA) is 15.0 Å². The van der Waals surface area contributed by atoms with E-state index in [2.05, 4.69) is 36.4 Å². The van der Waals surface area contributed by atoms with Crippen molar-refractivity contribution in [2.24, 2.45) is 0 Å². The molecule has 0 saturated carbocycles. The number of nitrogens with zero attached hydrogens (tertiary/aromatic N) is 1. The number of hydrazine groups is 1. The zero-order valence-electron chi connectivity index (χ0n) is 16.0. The molecule has 0 radical (unpaired) electrons. The van der Waals surface area contributed by atoms with Crippen molar-refractivity contribution in [3.8, 4) is 0 Å². The molecule has 1 aliphatic heterocycles. The van der Waals surface area contributed by atoms with E-state index in [-0.39, 0.29) is 0 Å². The summed E-state index contributed by atoms with van der Waals surface area (Å²) in [4.78, 5) is 0. The molecular weight excluding hydrogens is 280 g/mol. The summed E-state index contributed by atoms with van der Waals surface area (Å²) in [6, 6.07) is 0.782. The molecule has 1 N–H and O–H groups in total. The first-order valence-corrected chi connectivity index (χ1v) is 10.5. The van der Waals surface area contributed by atoms with Crippen LogP contribution in [0, 0.1) is 0 Å². The van der Waals surface area contributed by atoms with E-state index in [4.69, 9.17) is 0 Å². The summed E-state index contributed by atoms with van der Waals surface area (Å²) in [5.41, 5.74) is 3.48. The predicted molar refractivity (Wildman–Crippen MR) is 104 cm³/mol. The first-order valence-electron chi connectivity index (χ1n) is 10.5. The molecule has 0 amide bonds. The van der Waals surface area contributed by atoms with Gasteiger partial charge in [-0.05, 0) is 39.0 Å². The van der Waals surface area contributed by atoms with Gasteiger partial charge in [-0.15, -0.1) is 0 Å². The Bertz CT molecular complexity index is 275. The van der Waals surface area contributed by atoms with Gasteiger partial charge in [0.05, 0.1) is 0 Å². The maximum atomic E-state index is 3.48. The van der Waals surface area contributed by atoms with Crippen LogP contribution in [0.1, 0.15) is 104 Å². The van der Waals surface area contributed by atoms with Gasteiger partial charge in [-0.2, -0.15) is 0 Å². The van der Waals surface area contributed by atoms with Crippen molar-refractivity contribution in [1.82, 2.24) is 10.4 Å². The minimum Gasteiger partial charge on any atom is -0.255 e. The average Bonchev–Trinajstić information content (AvgIpc) is 3.26. The minimum absolute atomic E-state index is 0.782. The molecule has 1 fully saturated rings. The molecule has 2 heteroatoms. The fourth-order valence-corrected chi connectivity index (χ4v) is 3.05. The highest BCUT2D eigenvalue weighted by molar-refractivity contribution is 4.81. The van der Waals surface area contributed by atoms with Gasteiger partial charge >= 0.3 is 0 Å². The molecule has 1 rings (SSSR count). The summed E-state index contributed by atoms with van der Waals surface area (Å²) in [6.45, 7) is 6.97. The number of allylic oxidation sites excluding steroid dienone is 2. The van der Waals surface area contributed by atoms with Crippen LogP contribution in [-0.2, 0) is 0 Å². The molecule has 0 aromatic carbocycles. The number of unbranched alkanes of at least 4 members (excludes halogenated alkanes) is 12. The molecule has 2 atom stereocenters. The third-order valence-electron chi connectivity index (χ3n) is 4.86. The van der Waals surface area contributed by atoms with E-state index in [0.29, 0.717) is 0 Å². The second-order valence-electron chi connectivity index (χ2n) is 7.35. The molecule has 0 spiro atoms. The Balaban J connectivity index is 1.66. The van der Waals surface area contributed by atoms with E-state index in [1.54, 1.807) is 0 Å². The third-order valence-corrected chi connectivity index (χ3v) is 4.86. The number of hydrogen-bond donors (Lipinski definition) is 1. The lowest BCUT2D eigenvalue weighted by Gasteiger charge is -2.05. The second kappa shape index (κ2) is 15.2. The van der Waals surface area contributed by atoms with Crippen molar-refractivity contribution < 1.29 is 0 Å². The molecule has 0 aromatic heterocycles. The molecule has 2 unspecified atom stereocenters. The Morgan fingerprint density at radius 3 is 1.78 bits per heavy atom. The monoisotopic (exact) mass is 322 g/mol. The molecule has 1 saturated heterocycles. The van der Waals surface area contributed by atoms with Crippen LogP contribution in [0.5, 0.6) is 0 Å². The molecule has 1 heterocycles. The SMILES string of the molecule is CCCCCCCC/C=C\CCCCCCCCNN1CC1C. The van der Waals surface area contributed by atoms with Gasteiger partial charge in [0, 0.05) is 19.1 Å². The zero-order valence-corrected chi connectivity index (χ0v) is 16.0. The Labute approximate surface area is 146 Å². The number of hydrogen-bond acceptors (Lipinski definition) is 2. The molecule has 23 heavy (non-hydrogen) atoms. The molecular formula is C21H42N2. The van der Waals surface area contributed by atoms with E-state index in [0.717, 1.165) is 6.04 Å². The zero-order chi connectivity index (χ0) is 16.6. The van der Waals surface area contributed by atoms with E-state index in [9.17, 15) is 0 Å². The Hall–Kier alpha value is -0.340. The van der Waals surface area contributed by atoms with Crippen molar-refractivity contribution >= 4 is 0 Å². The maximum Gasteiger partial charge on any atom is 0.0357 e. The Morgan fingerprint density at radius 1 is 0.783 bits per heavy atom. The summed E-state index contributed by atoms with van der Waals surface area (Å²) in [5, 5.41) is 2.33. The highest BCUT2D eigenvalue weighted by atomic mass is 15.6. The molecule has 0 aromatic rings. The van der Waals surface area contributed by atoms with E-state index >= 15 is 0 Å². The minimum atomic E-state index is 0.782. The summed E-state index contributed by atoms with van der Waals surface area (Å²) in [6.07, 6.45) is 24.3. The smallest absolute Gasteiger partial charge is 0.0357 e. The van der Waals surface area contributed by atoms with E-state index < -0.39 is 0 Å². The van der Waals surface area contributed by atoms with Crippen molar-refractivity contribution in [2.45, 2.75) is 110 Å². The fourth-order valence-electron chi connectivity index (χ4n) is 3.05. The van der Waals surface area contributed by atoms with Crippen LogP contribution in [0.4, 0.5) is 0 Å². The van der Waals surface area contributed by atoms with Crippen LogP contribution in [-0.4, -0.2) is 24.1 Å². The van der Waals surface area contributed by atoms with Crippen LogP contribution < -0.4 is 5.43 Å². The van der Waals surface area contributed by atoms with Gasteiger partial charge in [0.2, 0.25) is 0 Å². The third kappa shape index (κ3) is 13.8. The second-order valence-corrected chi connectivity index (χ2v) is 7.35. The lowest BCUT2D eigenvalue weighted by Crippen LogP contribution is -2.23. The van der Waals surface area contributed by atoms with E-state index in [1.165, 1.54) is 103 Å². The summed E-state index contributed by atoms with van der Waals surface area (Å²) < 4.78 is 0. The fraction of sp³-hybridized carbons (Fsp3) is 0.905. The highest BCUT2D eigenvalue weighted by Crippen LogP contribution is 2.12. The highest BCUT2D eigenvalue weighted by Gasteiger charge is 2.27. The standard InChI is InChI=1S/C21H42N2/c1-3-4-5-6-7-8-9-10-11-12-13-14-15-16-17-18-19-22-23-20-21(23)2/h10-11,21-22H,3-9,12-20H2,1-2H3/b11-10-. The lowest BCUT2D eigenvalue weighted by molar-refractivity contribution is 0.369. The summed E-state index contributed by atoms with van der Waals surface area (Å²) >= 11 is 0. The number of rotatable bonds is 17. The van der Waals surface area contributed by atoms with Gasteiger partial charge < -0.3 is 0 Å². The molecule has 0 bridgehead atoms. The van der Waals surface area contributed by atoms with Gasteiger partial charge in [0.1, 0.15) is 0 Å². The summed E-state index contributed by atoms with van der Waals surface area (Å²) in [7, 11) is 0. The van der Waals surface area contributed by atoms with Crippen molar-refractivity contribution in [3.05, 3.63) is 12.2 Å². The van der Waals surface area contributed by atoms with Crippen LogP contribution in [0.2, 0.25) is 0 Å². The maximum absolute atomic E-state index is 3.48. The first kappa shape index (κ1) is 20.7. The van der Waals surface area contributed by atoms with Crippen LogP contribution in [0.15, 0.2) is 12.2 Å². The molecule has 0 aliphatic carbocycles. The van der Waals surface area contributed by atoms with Gasteiger partial charge in [-0.1, -0.05) is 76.9 Å². The van der Waals surface area contributed by atoms with Crippen molar-refractivity contribution in [2.75, 3.05) is 13.1 Å². The van der Waals surface area contributed by atoms with Gasteiger partial charge in [0.25, 0.3) is 0 Å². The van der Waals surface area contributed by atoms with Gasteiger partial charge in [0.15, 0.2) is 0 Å². The molecule has 2 nitrogen and oxygen atoms in total. The first-order chi connectivity index (χ1) is 11.3. The molecule has 136 valence electrons. The molecule has 1 aliphatic rings. The van der Waals surface area contributed by atoms with E-state index in [1.807, 2.05) is 0 Å². The van der Waals surface area contributed by atoms with Gasteiger partial charge in [-0.3, -0.25) is 5.43 Å². The van der Waals surface area contributed by atoms with Crippen molar-refractivity contribution in [3.63, 3.8) is 0 Å². The number of nitrogens with one attached hydrogen (secondary N) is 1. The quantitative estimate of drug-likeness (QED) is 0.194. The van der Waals surface area contributed by atoms with Crippen LogP contribution in [0.3, 0.4) is 0 Å². The van der Waals surface area contributed by atoms with Gasteiger partial charge in [-0.25, -0.2) is 5.01 Å². The van der Waals surface area contributed by atoms with Crippen molar-refractivity contribution in [1.29, 1.82) is 0 Å².